The standard InChI is InChI=1S/C36H52O4Si/c1-33(2,3)41(25-13-9-7-10-14-25,26-15-11-8-12-16-26)40-24-17-20-34(4)27-18-21-35(5)28(19-22-36(35,6)39)30(27)32(38)31(37)29(34)23-24/h7-16,24,27-32,37-39H,17-23H2,1-6H3/t24-,27-,28-,29+,30+,31+,32+,34+,35-,36-/m0/s1. The quantitative estimate of drug-likeness (QED) is 0.411. The monoisotopic (exact) mass is 576 g/mol. The number of aliphatic hydroxyl groups excluding tert-OH is 2. The second kappa shape index (κ2) is 10.0. The molecule has 0 aliphatic heterocycles. The molecule has 0 amide bonds. The van der Waals surface area contributed by atoms with Gasteiger partial charge in [-0.2, -0.15) is 0 Å². The van der Waals surface area contributed by atoms with Crippen LogP contribution >= 0.6 is 0 Å². The molecule has 41 heavy (non-hydrogen) atoms. The molecule has 0 aromatic heterocycles. The number of fused-ring (bicyclic) bond motifs is 5. The van der Waals surface area contributed by atoms with Crippen LogP contribution in [0.3, 0.4) is 0 Å². The Hall–Kier alpha value is -1.50. The molecule has 0 spiro atoms. The lowest BCUT2D eigenvalue weighted by Crippen LogP contribution is -2.69. The van der Waals surface area contributed by atoms with Crippen molar-refractivity contribution in [1.82, 2.24) is 0 Å². The minimum absolute atomic E-state index is 0.00184. The first-order valence-corrected chi connectivity index (χ1v) is 18.0. The van der Waals surface area contributed by atoms with Crippen molar-refractivity contribution < 1.29 is 19.7 Å². The molecule has 4 fully saturated rings. The van der Waals surface area contributed by atoms with Gasteiger partial charge in [0.2, 0.25) is 0 Å². The van der Waals surface area contributed by atoms with Gasteiger partial charge in [-0.05, 0) is 102 Å². The molecule has 0 saturated heterocycles. The Bertz CT molecular complexity index is 1190. The summed E-state index contributed by atoms with van der Waals surface area (Å²) in [4.78, 5) is 0. The minimum Gasteiger partial charge on any atom is -0.404 e. The maximum Gasteiger partial charge on any atom is 0.261 e. The van der Waals surface area contributed by atoms with Crippen molar-refractivity contribution >= 4 is 18.7 Å². The molecule has 4 saturated carbocycles. The molecule has 4 nitrogen and oxygen atoms in total. The summed E-state index contributed by atoms with van der Waals surface area (Å²) in [5, 5.41) is 37.5. The van der Waals surface area contributed by atoms with Crippen molar-refractivity contribution in [3.63, 3.8) is 0 Å². The number of aliphatic hydroxyl groups is 3. The third kappa shape index (κ3) is 4.28. The van der Waals surface area contributed by atoms with Gasteiger partial charge in [-0.1, -0.05) is 95.3 Å². The Morgan fingerprint density at radius 3 is 1.85 bits per heavy atom. The molecular weight excluding hydrogens is 524 g/mol. The number of rotatable bonds is 4. The highest BCUT2D eigenvalue weighted by atomic mass is 28.4. The second-order valence-electron chi connectivity index (χ2n) is 15.8. The molecule has 5 heteroatoms. The third-order valence-electron chi connectivity index (χ3n) is 13.0. The highest BCUT2D eigenvalue weighted by Crippen LogP contribution is 2.68. The van der Waals surface area contributed by atoms with E-state index in [0.717, 1.165) is 44.9 Å². The molecule has 224 valence electrons. The molecule has 4 aliphatic carbocycles. The molecule has 2 aromatic carbocycles. The number of hydrogen-bond acceptors (Lipinski definition) is 4. The second-order valence-corrected chi connectivity index (χ2v) is 20.1. The Balaban J connectivity index is 1.33. The number of hydrogen-bond donors (Lipinski definition) is 3. The van der Waals surface area contributed by atoms with Gasteiger partial charge >= 0.3 is 0 Å². The molecule has 10 atom stereocenters. The molecule has 0 bridgehead atoms. The zero-order valence-electron chi connectivity index (χ0n) is 26.0. The van der Waals surface area contributed by atoms with Crippen LogP contribution in [0.25, 0.3) is 0 Å². The van der Waals surface area contributed by atoms with E-state index in [1.54, 1.807) is 0 Å². The first-order chi connectivity index (χ1) is 19.3. The summed E-state index contributed by atoms with van der Waals surface area (Å²) in [7, 11) is -2.71. The summed E-state index contributed by atoms with van der Waals surface area (Å²) < 4.78 is 7.55. The van der Waals surface area contributed by atoms with E-state index in [4.69, 9.17) is 4.43 Å². The SMILES string of the molecule is CC(C)(C)[Si](O[C@H]1CC[C@@]2(C)[C@H](C1)[C@@H](O)[C@H](O)[C@@H]1[C@@H]2CC[C@@]2(C)[C@H]1CC[C@]2(C)O)(c1ccccc1)c1ccccc1. The fourth-order valence-corrected chi connectivity index (χ4v) is 15.2. The van der Waals surface area contributed by atoms with Crippen LogP contribution in [0.5, 0.6) is 0 Å². The molecule has 6 rings (SSSR count). The lowest BCUT2D eigenvalue weighted by atomic mass is 9.43. The van der Waals surface area contributed by atoms with Crippen LogP contribution in [0.4, 0.5) is 0 Å². The highest BCUT2D eigenvalue weighted by Gasteiger charge is 2.67. The van der Waals surface area contributed by atoms with E-state index in [2.05, 4.69) is 95.3 Å². The van der Waals surface area contributed by atoms with Crippen LogP contribution in [-0.4, -0.2) is 47.5 Å². The fraction of sp³-hybridized carbons (Fsp3) is 0.667. The topological polar surface area (TPSA) is 69.9 Å². The largest absolute Gasteiger partial charge is 0.404 e. The van der Waals surface area contributed by atoms with E-state index in [1.165, 1.54) is 10.4 Å². The molecule has 4 aliphatic rings. The number of benzene rings is 2. The zero-order chi connectivity index (χ0) is 29.4. The summed E-state index contributed by atoms with van der Waals surface area (Å²) in [6.07, 6.45) is 5.02. The van der Waals surface area contributed by atoms with E-state index in [-0.39, 0.29) is 39.7 Å². The van der Waals surface area contributed by atoms with Crippen LogP contribution < -0.4 is 10.4 Å². The van der Waals surface area contributed by atoms with E-state index in [9.17, 15) is 15.3 Å². The summed E-state index contributed by atoms with van der Waals surface area (Å²) in [6, 6.07) is 21.7. The predicted octanol–water partition coefficient (Wildman–Crippen LogP) is 5.67. The normalized spacial score (nSPS) is 42.7. The predicted molar refractivity (Wildman–Crippen MR) is 168 cm³/mol. The zero-order valence-corrected chi connectivity index (χ0v) is 27.0. The van der Waals surface area contributed by atoms with E-state index >= 15 is 0 Å². The van der Waals surface area contributed by atoms with E-state index in [1.807, 2.05) is 6.92 Å². The fourth-order valence-electron chi connectivity index (χ4n) is 10.5. The Morgan fingerprint density at radius 1 is 0.732 bits per heavy atom. The van der Waals surface area contributed by atoms with Gasteiger partial charge in [-0.15, -0.1) is 0 Å². The van der Waals surface area contributed by atoms with Gasteiger partial charge in [0.25, 0.3) is 8.32 Å². The molecule has 3 N–H and O–H groups in total. The van der Waals surface area contributed by atoms with Crippen LogP contribution in [0.1, 0.15) is 86.5 Å². The van der Waals surface area contributed by atoms with Crippen molar-refractivity contribution in [2.45, 2.75) is 115 Å². The lowest BCUT2D eigenvalue weighted by Gasteiger charge is -2.64. The average molecular weight is 577 g/mol. The van der Waals surface area contributed by atoms with Crippen LogP contribution in [0.2, 0.25) is 5.04 Å². The van der Waals surface area contributed by atoms with Gasteiger partial charge in [-0.25, -0.2) is 0 Å². The summed E-state index contributed by atoms with van der Waals surface area (Å²) >= 11 is 0. The average Bonchev–Trinajstić information content (AvgIpc) is 3.19. The first-order valence-electron chi connectivity index (χ1n) is 16.1. The van der Waals surface area contributed by atoms with Crippen molar-refractivity contribution in [2.75, 3.05) is 0 Å². The summed E-state index contributed by atoms with van der Waals surface area (Å²) in [5.74, 6) is 0.673. The highest BCUT2D eigenvalue weighted by molar-refractivity contribution is 6.99. The van der Waals surface area contributed by atoms with Gasteiger partial charge in [0, 0.05) is 6.10 Å². The van der Waals surface area contributed by atoms with Gasteiger partial charge in [0.1, 0.15) is 0 Å². The summed E-state index contributed by atoms with van der Waals surface area (Å²) in [6.45, 7) is 13.6. The van der Waals surface area contributed by atoms with Gasteiger partial charge in [0.15, 0.2) is 0 Å². The maximum absolute atomic E-state index is 11.9. The maximum atomic E-state index is 11.9. The lowest BCUT2D eigenvalue weighted by molar-refractivity contribution is -0.229. The van der Waals surface area contributed by atoms with Crippen LogP contribution in [-0.2, 0) is 4.43 Å². The molecular formula is C36H52O4Si. The van der Waals surface area contributed by atoms with Gasteiger partial charge in [-0.3, -0.25) is 0 Å². The van der Waals surface area contributed by atoms with Gasteiger partial charge < -0.3 is 19.7 Å². The van der Waals surface area contributed by atoms with Crippen molar-refractivity contribution in [1.29, 1.82) is 0 Å². The van der Waals surface area contributed by atoms with Crippen molar-refractivity contribution in [3.8, 4) is 0 Å². The van der Waals surface area contributed by atoms with Gasteiger partial charge in [0.05, 0.1) is 17.8 Å². The summed E-state index contributed by atoms with van der Waals surface area (Å²) in [5.41, 5.74) is -0.932. The Labute approximate surface area is 248 Å². The third-order valence-corrected chi connectivity index (χ3v) is 18.1. The molecule has 0 radical (unpaired) electrons. The van der Waals surface area contributed by atoms with Crippen molar-refractivity contribution in [2.24, 2.45) is 34.5 Å². The van der Waals surface area contributed by atoms with Crippen molar-refractivity contribution in [3.05, 3.63) is 60.7 Å². The van der Waals surface area contributed by atoms with Crippen LogP contribution in [0, 0.1) is 34.5 Å². The smallest absolute Gasteiger partial charge is 0.261 e. The molecule has 0 unspecified atom stereocenters. The van der Waals surface area contributed by atoms with Crippen LogP contribution in [0.15, 0.2) is 60.7 Å². The van der Waals surface area contributed by atoms with E-state index in [0.29, 0.717) is 5.92 Å². The Morgan fingerprint density at radius 2 is 1.29 bits per heavy atom. The molecule has 2 aromatic rings. The minimum atomic E-state index is -2.71. The molecule has 0 heterocycles. The first kappa shape index (κ1) is 29.6. The van der Waals surface area contributed by atoms with E-state index < -0.39 is 26.1 Å². The Kier molecular flexibility index (Phi) is 7.23.